The number of amides is 1. The van der Waals surface area contributed by atoms with Crippen LogP contribution in [0.5, 0.6) is 0 Å². The van der Waals surface area contributed by atoms with E-state index >= 15 is 0 Å². The first-order chi connectivity index (χ1) is 14.8. The fraction of sp³-hybridized carbons (Fsp3) is 0.208. The Morgan fingerprint density at radius 3 is 2.26 bits per heavy atom. The van der Waals surface area contributed by atoms with E-state index in [2.05, 4.69) is 0 Å². The Labute approximate surface area is 180 Å². The van der Waals surface area contributed by atoms with Gasteiger partial charge < -0.3 is 20.1 Å². The normalized spacial score (nSPS) is 10.6. The number of carbonyl (C=O) groups excluding carboxylic acids is 2. The zero-order valence-electron chi connectivity index (χ0n) is 17.4. The summed E-state index contributed by atoms with van der Waals surface area (Å²) in [7, 11) is 0. The number of aliphatic carboxylic acids is 1. The average Bonchev–Trinajstić information content (AvgIpc) is 3.16. The summed E-state index contributed by atoms with van der Waals surface area (Å²) in [6.45, 7) is 3.93. The number of nitrogens with two attached hydrogens (primary N) is 1. The van der Waals surface area contributed by atoms with Gasteiger partial charge in [0.2, 0.25) is 5.91 Å². The van der Waals surface area contributed by atoms with E-state index < -0.39 is 11.9 Å². The summed E-state index contributed by atoms with van der Waals surface area (Å²) in [5.41, 5.74) is 10.4. The summed E-state index contributed by atoms with van der Waals surface area (Å²) in [5, 5.41) is 9.13. The Balaban J connectivity index is 2.08. The number of hydrogen-bond donors (Lipinski definition) is 2. The van der Waals surface area contributed by atoms with Gasteiger partial charge in [-0.05, 0) is 73.9 Å². The number of carboxylic acids is 1. The van der Waals surface area contributed by atoms with Crippen LogP contribution >= 0.6 is 0 Å². The molecule has 0 aliphatic rings. The van der Waals surface area contributed by atoms with Crippen molar-refractivity contribution in [3.8, 4) is 16.9 Å². The largest absolute Gasteiger partial charge is 0.481 e. The van der Waals surface area contributed by atoms with Crippen LogP contribution in [0.4, 0.5) is 0 Å². The van der Waals surface area contributed by atoms with Gasteiger partial charge in [-0.2, -0.15) is 0 Å². The molecule has 0 saturated carbocycles. The highest BCUT2D eigenvalue weighted by Crippen LogP contribution is 2.30. The fourth-order valence-electron chi connectivity index (χ4n) is 3.47. The second-order valence-electron chi connectivity index (χ2n) is 7.10. The molecule has 0 aliphatic carbocycles. The van der Waals surface area contributed by atoms with Gasteiger partial charge >= 0.3 is 11.9 Å². The molecule has 0 unspecified atom stereocenters. The smallest absolute Gasteiger partial charge is 0.338 e. The van der Waals surface area contributed by atoms with E-state index in [0.29, 0.717) is 24.2 Å². The van der Waals surface area contributed by atoms with E-state index in [1.165, 1.54) is 0 Å². The van der Waals surface area contributed by atoms with Crippen LogP contribution in [0.1, 0.15) is 45.3 Å². The molecule has 3 rings (SSSR count). The summed E-state index contributed by atoms with van der Waals surface area (Å²) in [6.07, 6.45) is 0.330. The van der Waals surface area contributed by atoms with Crippen LogP contribution in [0.2, 0.25) is 0 Å². The van der Waals surface area contributed by atoms with Crippen LogP contribution in [0.25, 0.3) is 16.9 Å². The van der Waals surface area contributed by atoms with Gasteiger partial charge in [0.15, 0.2) is 0 Å². The summed E-state index contributed by atoms with van der Waals surface area (Å²) < 4.78 is 7.01. The molecule has 0 radical (unpaired) electrons. The zero-order valence-corrected chi connectivity index (χ0v) is 17.4. The molecule has 1 aromatic heterocycles. The SMILES string of the molecule is CCOC(=O)c1ccc(-c2ccc(CCC(=O)O)n2-c2ccc(C(N)=O)cc2C)cc1. The van der Waals surface area contributed by atoms with Crippen LogP contribution in [-0.2, 0) is 16.0 Å². The minimum Gasteiger partial charge on any atom is -0.481 e. The van der Waals surface area contributed by atoms with E-state index in [1.54, 1.807) is 37.3 Å². The first-order valence-corrected chi connectivity index (χ1v) is 9.92. The van der Waals surface area contributed by atoms with Gasteiger partial charge in [-0.1, -0.05) is 12.1 Å². The maximum atomic E-state index is 11.9. The molecule has 7 heteroatoms. The third-order valence-corrected chi connectivity index (χ3v) is 4.97. The predicted molar refractivity (Wildman–Crippen MR) is 116 cm³/mol. The number of esters is 1. The Hall–Kier alpha value is -3.87. The van der Waals surface area contributed by atoms with Gasteiger partial charge in [0.05, 0.1) is 24.3 Å². The number of aromatic nitrogens is 1. The van der Waals surface area contributed by atoms with Crippen molar-refractivity contribution in [3.63, 3.8) is 0 Å². The van der Waals surface area contributed by atoms with Crippen LogP contribution < -0.4 is 5.73 Å². The highest BCUT2D eigenvalue weighted by Gasteiger charge is 2.16. The zero-order chi connectivity index (χ0) is 22.5. The molecule has 3 N–H and O–H groups in total. The number of nitrogens with zero attached hydrogens (tertiary/aromatic N) is 1. The molecule has 0 bridgehead atoms. The van der Waals surface area contributed by atoms with Gasteiger partial charge in [0, 0.05) is 16.9 Å². The van der Waals surface area contributed by atoms with Crippen molar-refractivity contribution < 1.29 is 24.2 Å². The van der Waals surface area contributed by atoms with Crippen LogP contribution in [-0.4, -0.2) is 34.1 Å². The van der Waals surface area contributed by atoms with Gasteiger partial charge in [-0.25, -0.2) is 4.79 Å². The van der Waals surface area contributed by atoms with Crippen molar-refractivity contribution >= 4 is 17.8 Å². The van der Waals surface area contributed by atoms with Crippen molar-refractivity contribution in [1.82, 2.24) is 4.57 Å². The molecular formula is C24H24N2O5. The van der Waals surface area contributed by atoms with Crippen LogP contribution in [0.3, 0.4) is 0 Å². The van der Waals surface area contributed by atoms with Crippen LogP contribution in [0, 0.1) is 6.92 Å². The quantitative estimate of drug-likeness (QED) is 0.539. The Kier molecular flexibility index (Phi) is 6.55. The predicted octanol–water partition coefficient (Wildman–Crippen LogP) is 3.75. The maximum Gasteiger partial charge on any atom is 0.338 e. The van der Waals surface area contributed by atoms with Crippen molar-refractivity contribution in [2.45, 2.75) is 26.7 Å². The molecule has 0 atom stereocenters. The minimum atomic E-state index is -0.881. The number of rotatable bonds is 8. The summed E-state index contributed by atoms with van der Waals surface area (Å²) in [4.78, 5) is 34.6. The van der Waals surface area contributed by atoms with Crippen LogP contribution in [0.15, 0.2) is 54.6 Å². The molecule has 0 aliphatic heterocycles. The second-order valence-corrected chi connectivity index (χ2v) is 7.10. The molecule has 160 valence electrons. The number of ether oxygens (including phenoxy) is 1. The summed E-state index contributed by atoms with van der Waals surface area (Å²) in [5.74, 6) is -1.78. The third-order valence-electron chi connectivity index (χ3n) is 4.97. The number of primary amides is 1. The molecule has 1 amide bonds. The van der Waals surface area contributed by atoms with E-state index in [9.17, 15) is 14.4 Å². The van der Waals surface area contributed by atoms with Gasteiger partial charge in [0.25, 0.3) is 0 Å². The number of hydrogen-bond acceptors (Lipinski definition) is 4. The van der Waals surface area contributed by atoms with Gasteiger partial charge in [-0.3, -0.25) is 9.59 Å². The molecular weight excluding hydrogens is 396 g/mol. The molecule has 0 saturated heterocycles. The Morgan fingerprint density at radius 2 is 1.68 bits per heavy atom. The average molecular weight is 420 g/mol. The Bertz CT molecular complexity index is 1130. The van der Waals surface area contributed by atoms with E-state index in [0.717, 1.165) is 28.2 Å². The maximum absolute atomic E-state index is 11.9. The summed E-state index contributed by atoms with van der Waals surface area (Å²) in [6, 6.07) is 16.0. The molecule has 2 aromatic carbocycles. The van der Waals surface area contributed by atoms with Crippen molar-refractivity contribution in [2.75, 3.05) is 6.61 Å². The van der Waals surface area contributed by atoms with Gasteiger partial charge in [-0.15, -0.1) is 0 Å². The number of aryl methyl sites for hydroxylation is 2. The lowest BCUT2D eigenvalue weighted by Crippen LogP contribution is -2.12. The Morgan fingerprint density at radius 1 is 1.00 bits per heavy atom. The molecule has 0 spiro atoms. The lowest BCUT2D eigenvalue weighted by atomic mass is 10.1. The standard InChI is InChI=1S/C24H24N2O5/c1-3-31-24(30)17-6-4-16(5-7-17)21-12-9-19(10-13-22(27)28)26(21)20-11-8-18(23(25)29)14-15(20)2/h4-9,11-12,14H,3,10,13H2,1-2H3,(H2,25,29)(H,27,28). The molecule has 7 nitrogen and oxygen atoms in total. The highest BCUT2D eigenvalue weighted by atomic mass is 16.5. The molecule has 1 heterocycles. The van der Waals surface area contributed by atoms with E-state index in [1.807, 2.05) is 35.8 Å². The summed E-state index contributed by atoms with van der Waals surface area (Å²) >= 11 is 0. The number of carbonyl (C=O) groups is 3. The first-order valence-electron chi connectivity index (χ1n) is 9.92. The van der Waals surface area contributed by atoms with E-state index in [4.69, 9.17) is 15.6 Å². The monoisotopic (exact) mass is 420 g/mol. The number of benzene rings is 2. The van der Waals surface area contributed by atoms with Crippen molar-refractivity contribution in [2.24, 2.45) is 5.73 Å². The molecule has 31 heavy (non-hydrogen) atoms. The highest BCUT2D eigenvalue weighted by molar-refractivity contribution is 5.93. The third kappa shape index (κ3) is 4.83. The molecule has 0 fully saturated rings. The first kappa shape index (κ1) is 21.8. The van der Waals surface area contributed by atoms with Crippen molar-refractivity contribution in [1.29, 1.82) is 0 Å². The van der Waals surface area contributed by atoms with Crippen molar-refractivity contribution in [3.05, 3.63) is 77.0 Å². The minimum absolute atomic E-state index is 0.0103. The second kappa shape index (κ2) is 9.30. The number of carboxylic acid groups (broad SMARTS) is 1. The fourth-order valence-corrected chi connectivity index (χ4v) is 3.47. The lowest BCUT2D eigenvalue weighted by Gasteiger charge is -2.17. The van der Waals surface area contributed by atoms with Gasteiger partial charge in [0.1, 0.15) is 0 Å². The molecule has 3 aromatic rings. The van der Waals surface area contributed by atoms with E-state index in [-0.39, 0.29) is 12.4 Å². The lowest BCUT2D eigenvalue weighted by molar-refractivity contribution is -0.137. The topological polar surface area (TPSA) is 112 Å².